The number of ether oxygens (including phenoxy) is 1. The van der Waals surface area contributed by atoms with Crippen LogP contribution in [0.3, 0.4) is 0 Å². The van der Waals surface area contributed by atoms with E-state index in [4.69, 9.17) is 4.74 Å². The molecule has 4 nitrogen and oxygen atoms in total. The molecule has 0 radical (unpaired) electrons. The van der Waals surface area contributed by atoms with Gasteiger partial charge in [0.1, 0.15) is 12.9 Å². The minimum Gasteiger partial charge on any atom is -0.460 e. The maximum atomic E-state index is 12.7. The van der Waals surface area contributed by atoms with Gasteiger partial charge in [-0.25, -0.2) is 0 Å². The van der Waals surface area contributed by atoms with E-state index < -0.39 is 10.8 Å². The van der Waals surface area contributed by atoms with Crippen LogP contribution in [-0.4, -0.2) is 12.3 Å². The quantitative estimate of drug-likeness (QED) is 0.108. The molecule has 0 saturated carbocycles. The summed E-state index contributed by atoms with van der Waals surface area (Å²) in [5.41, 5.74) is 1.32. The Labute approximate surface area is 266 Å². The summed E-state index contributed by atoms with van der Waals surface area (Å²) >= 11 is 7.08. The fourth-order valence-electron chi connectivity index (χ4n) is 5.05. The topological polar surface area (TPSA) is 67.2 Å². The number of thiophene rings is 4. The first-order valence-corrected chi connectivity index (χ1v) is 17.6. The molecule has 0 aliphatic heterocycles. The van der Waals surface area contributed by atoms with E-state index in [0.29, 0.717) is 12.8 Å². The molecule has 4 aromatic rings. The Morgan fingerprint density at radius 2 is 1.57 bits per heavy atom. The standard InChI is InChI=1S/C34H39NO3S4/c1-21(2)24(18-36)17-33(5,6)34(7,20-35)14-12-30(37)38-19-25-16-23(4)32(40-25)29-11-9-27(42-29)26-8-10-28(41-26)31-22(3)13-15-39-31/h8-11,13,15-16,18,21,24H,12,14,17,19H2,1-7H3. The van der Waals surface area contributed by atoms with Crippen molar-refractivity contribution in [2.75, 3.05) is 0 Å². The van der Waals surface area contributed by atoms with Crippen LogP contribution in [0, 0.1) is 47.8 Å². The van der Waals surface area contributed by atoms with E-state index in [2.05, 4.69) is 61.7 Å². The Morgan fingerprint density at radius 1 is 0.952 bits per heavy atom. The van der Waals surface area contributed by atoms with E-state index in [-0.39, 0.29) is 30.8 Å². The molecule has 0 saturated heterocycles. The largest absolute Gasteiger partial charge is 0.460 e. The van der Waals surface area contributed by atoms with Crippen molar-refractivity contribution in [1.29, 1.82) is 5.26 Å². The molecule has 2 unspecified atom stereocenters. The molecule has 4 heterocycles. The zero-order valence-corrected chi connectivity index (χ0v) is 28.7. The van der Waals surface area contributed by atoms with Crippen LogP contribution in [0.1, 0.15) is 69.9 Å². The molecule has 0 bridgehead atoms. The molecule has 0 fully saturated rings. The number of hydrogen-bond donors (Lipinski definition) is 0. The Balaban J connectivity index is 1.36. The predicted molar refractivity (Wildman–Crippen MR) is 179 cm³/mol. The Morgan fingerprint density at radius 3 is 2.12 bits per heavy atom. The van der Waals surface area contributed by atoms with Gasteiger partial charge in [-0.05, 0) is 97.9 Å². The van der Waals surface area contributed by atoms with Gasteiger partial charge in [0.05, 0.1) is 11.5 Å². The highest BCUT2D eigenvalue weighted by Gasteiger charge is 2.43. The number of rotatable bonds is 13. The van der Waals surface area contributed by atoms with Gasteiger partial charge in [-0.1, -0.05) is 27.7 Å². The number of nitrogens with zero attached hydrogens (tertiary/aromatic N) is 1. The maximum Gasteiger partial charge on any atom is 0.306 e. The lowest BCUT2D eigenvalue weighted by molar-refractivity contribution is -0.145. The summed E-state index contributed by atoms with van der Waals surface area (Å²) in [4.78, 5) is 33.0. The maximum absolute atomic E-state index is 12.7. The van der Waals surface area contributed by atoms with Crippen molar-refractivity contribution in [2.45, 2.75) is 74.3 Å². The van der Waals surface area contributed by atoms with Crippen molar-refractivity contribution in [1.82, 2.24) is 0 Å². The van der Waals surface area contributed by atoms with Crippen LogP contribution in [0.5, 0.6) is 0 Å². The number of aryl methyl sites for hydroxylation is 2. The molecule has 4 aromatic heterocycles. The Bertz CT molecular complexity index is 1580. The summed E-state index contributed by atoms with van der Waals surface area (Å²) in [5, 5.41) is 12.2. The normalized spacial score (nSPS) is 14.0. The van der Waals surface area contributed by atoms with Gasteiger partial charge in [-0.3, -0.25) is 4.79 Å². The van der Waals surface area contributed by atoms with Gasteiger partial charge in [0, 0.05) is 46.5 Å². The van der Waals surface area contributed by atoms with Gasteiger partial charge in [0.15, 0.2) is 0 Å². The van der Waals surface area contributed by atoms with E-state index in [1.54, 1.807) is 34.0 Å². The SMILES string of the molecule is Cc1ccsc1-c1ccc(-c2ccc(-c3sc(COC(=O)CCC(C)(C#N)C(C)(C)CC(C=O)C(C)C)cc3C)s2)s1. The predicted octanol–water partition coefficient (Wildman–Crippen LogP) is 10.8. The van der Waals surface area contributed by atoms with Crippen LogP contribution in [0.15, 0.2) is 41.8 Å². The second-order valence-corrected chi connectivity index (χ2v) is 16.4. The molecule has 4 rings (SSSR count). The van der Waals surface area contributed by atoms with E-state index >= 15 is 0 Å². The molecule has 0 spiro atoms. The summed E-state index contributed by atoms with van der Waals surface area (Å²) in [5.74, 6) is -0.212. The highest BCUT2D eigenvalue weighted by molar-refractivity contribution is 7.28. The second-order valence-electron chi connectivity index (χ2n) is 12.2. The smallest absolute Gasteiger partial charge is 0.306 e. The van der Waals surface area contributed by atoms with E-state index in [0.717, 1.165) is 11.2 Å². The number of esters is 1. The number of carbonyl (C=O) groups excluding carboxylic acids is 2. The highest BCUT2D eigenvalue weighted by atomic mass is 32.1. The van der Waals surface area contributed by atoms with Gasteiger partial charge >= 0.3 is 5.97 Å². The van der Waals surface area contributed by atoms with E-state index in [9.17, 15) is 14.9 Å². The molecule has 0 aromatic carbocycles. The molecule has 222 valence electrons. The molecular formula is C34H39NO3S4. The number of carbonyl (C=O) groups is 2. The van der Waals surface area contributed by atoms with Crippen LogP contribution in [-0.2, 0) is 20.9 Å². The van der Waals surface area contributed by atoms with Gasteiger partial charge in [-0.15, -0.1) is 45.3 Å². The zero-order valence-electron chi connectivity index (χ0n) is 25.4. The molecule has 0 N–H and O–H groups in total. The lowest BCUT2D eigenvalue weighted by Crippen LogP contribution is -2.37. The lowest BCUT2D eigenvalue weighted by atomic mass is 9.61. The van der Waals surface area contributed by atoms with Crippen molar-refractivity contribution < 1.29 is 14.3 Å². The second kappa shape index (κ2) is 13.4. The third-order valence-corrected chi connectivity index (χ3v) is 13.4. The average Bonchev–Trinajstić information content (AvgIpc) is 3.75. The van der Waals surface area contributed by atoms with E-state index in [1.165, 1.54) is 40.4 Å². The molecule has 0 amide bonds. The molecule has 2 atom stereocenters. The summed E-state index contributed by atoms with van der Waals surface area (Å²) in [6.07, 6.45) is 2.16. The van der Waals surface area contributed by atoms with Crippen molar-refractivity contribution >= 4 is 57.6 Å². The Hall–Kier alpha value is -2.57. The summed E-state index contributed by atoms with van der Waals surface area (Å²) in [6.45, 7) is 14.5. The molecular weight excluding hydrogens is 599 g/mol. The number of hydrogen-bond acceptors (Lipinski definition) is 8. The fourth-order valence-corrected chi connectivity index (χ4v) is 9.53. The van der Waals surface area contributed by atoms with Gasteiger partial charge in [0.25, 0.3) is 0 Å². The summed E-state index contributed by atoms with van der Waals surface area (Å²) in [6, 6.07) is 15.5. The van der Waals surface area contributed by atoms with Crippen molar-refractivity contribution in [2.24, 2.45) is 22.7 Å². The molecule has 0 aliphatic carbocycles. The van der Waals surface area contributed by atoms with Crippen LogP contribution >= 0.6 is 45.3 Å². The first kappa shape index (κ1) is 32.3. The fraction of sp³-hybridized carbons (Fsp3) is 0.441. The monoisotopic (exact) mass is 637 g/mol. The van der Waals surface area contributed by atoms with Gasteiger partial charge < -0.3 is 9.53 Å². The molecule has 42 heavy (non-hydrogen) atoms. The Kier molecular flexibility index (Phi) is 10.3. The lowest BCUT2D eigenvalue weighted by Gasteiger charge is -2.41. The van der Waals surface area contributed by atoms with Crippen LogP contribution in [0.4, 0.5) is 0 Å². The zero-order chi connectivity index (χ0) is 30.7. The van der Waals surface area contributed by atoms with Crippen molar-refractivity contribution in [3.63, 3.8) is 0 Å². The van der Waals surface area contributed by atoms with Gasteiger partial charge in [0.2, 0.25) is 0 Å². The first-order valence-electron chi connectivity index (χ1n) is 14.2. The highest BCUT2D eigenvalue weighted by Crippen LogP contribution is 2.47. The summed E-state index contributed by atoms with van der Waals surface area (Å²) < 4.78 is 5.66. The van der Waals surface area contributed by atoms with Crippen LogP contribution < -0.4 is 0 Å². The first-order chi connectivity index (χ1) is 19.9. The third kappa shape index (κ3) is 7.14. The van der Waals surface area contributed by atoms with Gasteiger partial charge in [-0.2, -0.15) is 5.26 Å². The van der Waals surface area contributed by atoms with Crippen molar-refractivity contribution in [3.8, 4) is 35.3 Å². The van der Waals surface area contributed by atoms with Crippen LogP contribution in [0.25, 0.3) is 29.3 Å². The number of aldehydes is 1. The minimum atomic E-state index is -0.752. The average molecular weight is 638 g/mol. The van der Waals surface area contributed by atoms with Crippen molar-refractivity contribution in [3.05, 3.63) is 57.8 Å². The molecule has 0 aliphatic rings. The third-order valence-electron chi connectivity index (χ3n) is 8.46. The van der Waals surface area contributed by atoms with Crippen LogP contribution in [0.2, 0.25) is 0 Å². The molecule has 8 heteroatoms. The summed E-state index contributed by atoms with van der Waals surface area (Å²) in [7, 11) is 0. The van der Waals surface area contributed by atoms with E-state index in [1.807, 2.05) is 46.0 Å². The number of nitriles is 1. The minimum absolute atomic E-state index is 0.117.